The summed E-state index contributed by atoms with van der Waals surface area (Å²) < 4.78 is 10.7. The summed E-state index contributed by atoms with van der Waals surface area (Å²) in [5.74, 6) is 0.552. The number of ether oxygens (including phenoxy) is 2. The zero-order valence-corrected chi connectivity index (χ0v) is 13.2. The predicted molar refractivity (Wildman–Crippen MR) is 89.3 cm³/mol. The standard InChI is InChI=1S/C18H22N2O3/c1-22-10-9-20-18(21)15-7-8-17(16(11-15)12-19)23-13-14-5-3-2-4-6-14/h2-8,11H,9-10,12-13,19H2,1H3,(H,20,21). The molecule has 122 valence electrons. The summed E-state index contributed by atoms with van der Waals surface area (Å²) in [4.78, 5) is 12.0. The van der Waals surface area contributed by atoms with Crippen LogP contribution in [0.4, 0.5) is 0 Å². The van der Waals surface area contributed by atoms with Crippen molar-refractivity contribution in [1.29, 1.82) is 0 Å². The molecule has 5 nitrogen and oxygen atoms in total. The van der Waals surface area contributed by atoms with Gasteiger partial charge in [0.1, 0.15) is 12.4 Å². The van der Waals surface area contributed by atoms with Gasteiger partial charge in [-0.15, -0.1) is 0 Å². The van der Waals surface area contributed by atoms with Crippen molar-refractivity contribution in [3.8, 4) is 5.75 Å². The zero-order chi connectivity index (χ0) is 16.5. The Bertz CT molecular complexity index is 629. The highest BCUT2D eigenvalue weighted by Crippen LogP contribution is 2.21. The number of hydrogen-bond acceptors (Lipinski definition) is 4. The highest BCUT2D eigenvalue weighted by molar-refractivity contribution is 5.94. The third kappa shape index (κ3) is 5.09. The fraction of sp³-hybridized carbons (Fsp3) is 0.278. The highest BCUT2D eigenvalue weighted by Gasteiger charge is 2.10. The highest BCUT2D eigenvalue weighted by atomic mass is 16.5. The third-order valence-corrected chi connectivity index (χ3v) is 3.37. The lowest BCUT2D eigenvalue weighted by Crippen LogP contribution is -2.27. The minimum Gasteiger partial charge on any atom is -0.489 e. The van der Waals surface area contributed by atoms with Crippen LogP contribution in [0.25, 0.3) is 0 Å². The van der Waals surface area contributed by atoms with Crippen molar-refractivity contribution in [2.75, 3.05) is 20.3 Å². The van der Waals surface area contributed by atoms with Crippen LogP contribution in [0.15, 0.2) is 48.5 Å². The molecule has 0 atom stereocenters. The van der Waals surface area contributed by atoms with E-state index in [1.54, 1.807) is 25.3 Å². The second-order valence-electron chi connectivity index (χ2n) is 5.05. The maximum absolute atomic E-state index is 12.0. The predicted octanol–water partition coefficient (Wildman–Crippen LogP) is 2.10. The van der Waals surface area contributed by atoms with E-state index < -0.39 is 0 Å². The van der Waals surface area contributed by atoms with Crippen LogP contribution in [0.3, 0.4) is 0 Å². The topological polar surface area (TPSA) is 73.6 Å². The average Bonchev–Trinajstić information content (AvgIpc) is 2.60. The van der Waals surface area contributed by atoms with E-state index in [0.29, 0.717) is 37.6 Å². The Morgan fingerprint density at radius 3 is 2.65 bits per heavy atom. The molecule has 0 aliphatic heterocycles. The number of carbonyl (C=O) groups excluding carboxylic acids is 1. The Kier molecular flexibility index (Phi) is 6.59. The van der Waals surface area contributed by atoms with E-state index in [9.17, 15) is 4.79 Å². The van der Waals surface area contributed by atoms with Crippen LogP contribution in [0, 0.1) is 0 Å². The fourth-order valence-electron chi connectivity index (χ4n) is 2.13. The van der Waals surface area contributed by atoms with E-state index >= 15 is 0 Å². The number of benzene rings is 2. The molecule has 0 aromatic heterocycles. The molecule has 2 aromatic rings. The molecule has 0 heterocycles. The van der Waals surface area contributed by atoms with Crippen molar-refractivity contribution in [3.63, 3.8) is 0 Å². The summed E-state index contributed by atoms with van der Waals surface area (Å²) in [6, 6.07) is 15.2. The number of methoxy groups -OCH3 is 1. The summed E-state index contributed by atoms with van der Waals surface area (Å²) in [6.45, 7) is 1.73. The van der Waals surface area contributed by atoms with Crippen LogP contribution in [0.1, 0.15) is 21.5 Å². The van der Waals surface area contributed by atoms with Crippen molar-refractivity contribution in [3.05, 3.63) is 65.2 Å². The quantitative estimate of drug-likeness (QED) is 0.732. The molecule has 0 unspecified atom stereocenters. The summed E-state index contributed by atoms with van der Waals surface area (Å²) in [7, 11) is 1.59. The monoisotopic (exact) mass is 314 g/mol. The van der Waals surface area contributed by atoms with Gasteiger partial charge in [-0.25, -0.2) is 0 Å². The molecule has 0 radical (unpaired) electrons. The zero-order valence-electron chi connectivity index (χ0n) is 13.2. The van der Waals surface area contributed by atoms with Crippen molar-refractivity contribution >= 4 is 5.91 Å². The van der Waals surface area contributed by atoms with Gasteiger partial charge >= 0.3 is 0 Å². The first-order valence-corrected chi connectivity index (χ1v) is 7.51. The van der Waals surface area contributed by atoms with Gasteiger partial charge in [0.15, 0.2) is 0 Å². The largest absolute Gasteiger partial charge is 0.489 e. The first-order chi connectivity index (χ1) is 11.2. The Morgan fingerprint density at radius 1 is 1.17 bits per heavy atom. The second-order valence-corrected chi connectivity index (χ2v) is 5.05. The van der Waals surface area contributed by atoms with Gasteiger partial charge in [0, 0.05) is 31.3 Å². The molecular weight excluding hydrogens is 292 g/mol. The van der Waals surface area contributed by atoms with Crippen LogP contribution in [-0.2, 0) is 17.9 Å². The van der Waals surface area contributed by atoms with E-state index in [-0.39, 0.29) is 5.91 Å². The van der Waals surface area contributed by atoms with Crippen LogP contribution < -0.4 is 15.8 Å². The summed E-state index contributed by atoms with van der Waals surface area (Å²) in [5, 5.41) is 2.78. The molecule has 0 bridgehead atoms. The molecule has 0 saturated heterocycles. The van der Waals surface area contributed by atoms with Gasteiger partial charge in [-0.05, 0) is 23.8 Å². The van der Waals surface area contributed by atoms with Gasteiger partial charge in [0.2, 0.25) is 0 Å². The van der Waals surface area contributed by atoms with E-state index in [0.717, 1.165) is 11.1 Å². The van der Waals surface area contributed by atoms with Gasteiger partial charge in [-0.2, -0.15) is 0 Å². The number of carbonyl (C=O) groups is 1. The minimum atomic E-state index is -0.147. The molecule has 0 saturated carbocycles. The third-order valence-electron chi connectivity index (χ3n) is 3.37. The van der Waals surface area contributed by atoms with Crippen LogP contribution in [0.2, 0.25) is 0 Å². The Balaban J connectivity index is 2.02. The summed E-state index contributed by atoms with van der Waals surface area (Å²) in [5.41, 5.74) is 8.23. The van der Waals surface area contributed by atoms with Gasteiger partial charge in [0.05, 0.1) is 6.61 Å². The first kappa shape index (κ1) is 17.0. The number of hydrogen-bond donors (Lipinski definition) is 2. The number of nitrogens with two attached hydrogens (primary N) is 1. The Labute approximate surface area is 136 Å². The fourth-order valence-corrected chi connectivity index (χ4v) is 2.13. The molecule has 0 spiro atoms. The van der Waals surface area contributed by atoms with Gasteiger partial charge in [0.25, 0.3) is 5.91 Å². The SMILES string of the molecule is COCCNC(=O)c1ccc(OCc2ccccc2)c(CN)c1. The van der Waals surface area contributed by atoms with Crippen LogP contribution in [0.5, 0.6) is 5.75 Å². The van der Waals surface area contributed by atoms with E-state index in [2.05, 4.69) is 5.32 Å². The second kappa shape index (κ2) is 8.92. The average molecular weight is 314 g/mol. The molecule has 2 aromatic carbocycles. The van der Waals surface area contributed by atoms with Crippen molar-refractivity contribution < 1.29 is 14.3 Å². The van der Waals surface area contributed by atoms with Crippen LogP contribution in [-0.4, -0.2) is 26.2 Å². The molecule has 2 rings (SSSR count). The lowest BCUT2D eigenvalue weighted by Gasteiger charge is -2.12. The van der Waals surface area contributed by atoms with Crippen molar-refractivity contribution in [2.45, 2.75) is 13.2 Å². The normalized spacial score (nSPS) is 10.3. The van der Waals surface area contributed by atoms with Crippen molar-refractivity contribution in [2.24, 2.45) is 5.73 Å². The lowest BCUT2D eigenvalue weighted by molar-refractivity contribution is 0.0937. The number of nitrogens with one attached hydrogen (secondary N) is 1. The number of rotatable bonds is 8. The summed E-state index contributed by atoms with van der Waals surface area (Å²) >= 11 is 0. The molecule has 0 aliphatic carbocycles. The Morgan fingerprint density at radius 2 is 1.96 bits per heavy atom. The molecule has 23 heavy (non-hydrogen) atoms. The molecule has 5 heteroatoms. The molecule has 0 fully saturated rings. The van der Waals surface area contributed by atoms with Crippen LogP contribution >= 0.6 is 0 Å². The lowest BCUT2D eigenvalue weighted by atomic mass is 10.1. The number of amides is 1. The summed E-state index contributed by atoms with van der Waals surface area (Å²) in [6.07, 6.45) is 0. The molecule has 1 amide bonds. The van der Waals surface area contributed by atoms with E-state index in [1.165, 1.54) is 0 Å². The molecular formula is C18H22N2O3. The maximum atomic E-state index is 12.0. The van der Waals surface area contributed by atoms with Gasteiger partial charge < -0.3 is 20.5 Å². The maximum Gasteiger partial charge on any atom is 0.251 e. The minimum absolute atomic E-state index is 0.147. The smallest absolute Gasteiger partial charge is 0.251 e. The Hall–Kier alpha value is -2.37. The van der Waals surface area contributed by atoms with Gasteiger partial charge in [-0.1, -0.05) is 30.3 Å². The van der Waals surface area contributed by atoms with E-state index in [1.807, 2.05) is 30.3 Å². The molecule has 3 N–H and O–H groups in total. The molecule has 0 aliphatic rings. The van der Waals surface area contributed by atoms with Crippen molar-refractivity contribution in [1.82, 2.24) is 5.32 Å². The van der Waals surface area contributed by atoms with Gasteiger partial charge in [-0.3, -0.25) is 4.79 Å². The van der Waals surface area contributed by atoms with E-state index in [4.69, 9.17) is 15.2 Å². The first-order valence-electron chi connectivity index (χ1n) is 7.51.